The first kappa shape index (κ1) is 23.2. The van der Waals surface area contributed by atoms with Crippen LogP contribution in [0.5, 0.6) is 0 Å². The van der Waals surface area contributed by atoms with Gasteiger partial charge in [-0.2, -0.15) is 13.2 Å². The van der Waals surface area contributed by atoms with Gasteiger partial charge < -0.3 is 10.1 Å². The van der Waals surface area contributed by atoms with E-state index in [1.165, 1.54) is 12.1 Å². The summed E-state index contributed by atoms with van der Waals surface area (Å²) in [4.78, 5) is 51.9. The number of carbonyl (C=O) groups excluding carboxylic acids is 4. The second-order valence-corrected chi connectivity index (χ2v) is 7.15. The number of halogens is 4. The van der Waals surface area contributed by atoms with Crippen molar-refractivity contribution in [1.29, 1.82) is 0 Å². The van der Waals surface area contributed by atoms with Crippen LogP contribution in [-0.4, -0.2) is 40.2 Å². The number of carbonyl (C=O) groups is 4. The summed E-state index contributed by atoms with van der Waals surface area (Å²) in [5.74, 6) is -2.50. The van der Waals surface area contributed by atoms with E-state index in [4.69, 9.17) is 16.3 Å². The first-order chi connectivity index (χ1) is 15.0. The van der Waals surface area contributed by atoms with Crippen molar-refractivity contribution in [3.8, 4) is 0 Å². The maximum atomic E-state index is 12.6. The van der Waals surface area contributed by atoms with Crippen LogP contribution in [0.4, 0.5) is 19.0 Å². The van der Waals surface area contributed by atoms with E-state index in [9.17, 15) is 32.3 Å². The summed E-state index contributed by atoms with van der Waals surface area (Å²) in [6, 6.07) is 6.52. The highest BCUT2D eigenvalue weighted by Gasteiger charge is 2.32. The van der Waals surface area contributed by atoms with E-state index >= 15 is 0 Å². The molecular formula is C20H15ClF3N3O5. The molecule has 12 heteroatoms. The van der Waals surface area contributed by atoms with Gasteiger partial charge in [0.05, 0.1) is 22.7 Å². The van der Waals surface area contributed by atoms with Crippen molar-refractivity contribution in [2.45, 2.75) is 25.6 Å². The fourth-order valence-electron chi connectivity index (χ4n) is 2.80. The Morgan fingerprint density at radius 2 is 1.75 bits per heavy atom. The number of esters is 1. The van der Waals surface area contributed by atoms with Gasteiger partial charge in [-0.15, -0.1) is 0 Å². The van der Waals surface area contributed by atoms with Gasteiger partial charge in [0.15, 0.2) is 12.4 Å². The first-order valence-corrected chi connectivity index (χ1v) is 9.54. The molecular weight excluding hydrogens is 455 g/mol. The molecule has 8 nitrogen and oxygen atoms in total. The lowest BCUT2D eigenvalue weighted by Crippen LogP contribution is -2.28. The zero-order chi connectivity index (χ0) is 23.5. The number of imide groups is 1. The standard InChI is InChI=1S/C20H15ClF3N3O5/c21-14-7-13(20(22,23)24)8-25-18(14)26-15(28)10-32-19(31)12-3-1-11(2-4-12)9-27-16(29)5-6-17(27)30/h1-4,7-8H,5-6,9-10H2,(H,25,26,28). The number of rotatable bonds is 6. The number of nitrogens with zero attached hydrogens (tertiary/aromatic N) is 2. The molecule has 0 spiro atoms. The van der Waals surface area contributed by atoms with Gasteiger partial charge in [-0.3, -0.25) is 19.3 Å². The number of alkyl halides is 3. The maximum Gasteiger partial charge on any atom is 0.417 e. The van der Waals surface area contributed by atoms with Crippen LogP contribution in [0.1, 0.15) is 34.3 Å². The van der Waals surface area contributed by atoms with Crippen molar-refractivity contribution in [2.75, 3.05) is 11.9 Å². The summed E-state index contributed by atoms with van der Waals surface area (Å²) in [5, 5.41) is 1.73. The largest absolute Gasteiger partial charge is 0.452 e. The maximum absolute atomic E-state index is 12.6. The fraction of sp³-hybridized carbons (Fsp3) is 0.250. The number of hydrogen-bond acceptors (Lipinski definition) is 6. The number of pyridine rings is 1. The number of nitrogens with one attached hydrogen (secondary N) is 1. The molecule has 3 rings (SSSR count). The Kier molecular flexibility index (Phi) is 6.78. The average Bonchev–Trinajstić information content (AvgIpc) is 3.05. The zero-order valence-electron chi connectivity index (χ0n) is 16.2. The molecule has 1 aromatic carbocycles. The molecule has 0 aliphatic carbocycles. The van der Waals surface area contributed by atoms with Crippen LogP contribution >= 0.6 is 11.6 Å². The molecule has 0 bridgehead atoms. The lowest BCUT2D eigenvalue weighted by atomic mass is 10.1. The number of amides is 3. The Balaban J connectivity index is 1.52. The van der Waals surface area contributed by atoms with Gasteiger partial charge in [0.25, 0.3) is 5.91 Å². The van der Waals surface area contributed by atoms with Gasteiger partial charge in [0.1, 0.15) is 0 Å². The minimum atomic E-state index is -4.64. The highest BCUT2D eigenvalue weighted by atomic mass is 35.5. The normalized spacial score (nSPS) is 13.9. The van der Waals surface area contributed by atoms with E-state index in [-0.39, 0.29) is 42.6 Å². The van der Waals surface area contributed by atoms with Crippen molar-refractivity contribution in [3.05, 3.63) is 58.2 Å². The molecule has 3 amide bonds. The first-order valence-electron chi connectivity index (χ1n) is 9.16. The van der Waals surface area contributed by atoms with Crippen LogP contribution in [0.15, 0.2) is 36.5 Å². The quantitative estimate of drug-likeness (QED) is 0.514. The van der Waals surface area contributed by atoms with Crippen LogP contribution in [0.3, 0.4) is 0 Å². The van der Waals surface area contributed by atoms with E-state index < -0.39 is 35.2 Å². The molecule has 0 radical (unpaired) electrons. The van der Waals surface area contributed by atoms with Gasteiger partial charge in [-0.05, 0) is 23.8 Å². The minimum Gasteiger partial charge on any atom is -0.452 e. The molecule has 1 aromatic heterocycles. The van der Waals surface area contributed by atoms with Gasteiger partial charge in [0, 0.05) is 19.0 Å². The molecule has 1 N–H and O–H groups in total. The van der Waals surface area contributed by atoms with Crippen molar-refractivity contribution in [3.63, 3.8) is 0 Å². The molecule has 32 heavy (non-hydrogen) atoms. The number of benzene rings is 1. The molecule has 1 fully saturated rings. The van der Waals surface area contributed by atoms with Crippen molar-refractivity contribution >= 4 is 41.1 Å². The highest BCUT2D eigenvalue weighted by Crippen LogP contribution is 2.32. The predicted octanol–water partition coefficient (Wildman–Crippen LogP) is 3.20. The summed E-state index contributed by atoms with van der Waals surface area (Å²) in [6.07, 6.45) is -3.76. The Morgan fingerprint density at radius 3 is 2.31 bits per heavy atom. The zero-order valence-corrected chi connectivity index (χ0v) is 17.0. The molecule has 2 heterocycles. The molecule has 1 aliphatic heterocycles. The number of ether oxygens (including phenoxy) is 1. The third-order valence-electron chi connectivity index (χ3n) is 4.45. The average molecular weight is 470 g/mol. The number of anilines is 1. The topological polar surface area (TPSA) is 106 Å². The Labute approximate surface area is 184 Å². The molecule has 0 unspecified atom stereocenters. The van der Waals surface area contributed by atoms with Crippen LogP contribution in [0, 0.1) is 0 Å². The monoisotopic (exact) mass is 469 g/mol. The van der Waals surface area contributed by atoms with E-state index in [0.717, 1.165) is 4.90 Å². The van der Waals surface area contributed by atoms with E-state index in [0.29, 0.717) is 17.8 Å². The smallest absolute Gasteiger partial charge is 0.417 e. The Bertz CT molecular complexity index is 1060. The fourth-order valence-corrected chi connectivity index (χ4v) is 3.01. The molecule has 0 saturated carbocycles. The molecule has 2 aromatic rings. The number of hydrogen-bond donors (Lipinski definition) is 1. The lowest BCUT2D eigenvalue weighted by molar-refractivity contribution is -0.139. The summed E-state index contributed by atoms with van der Waals surface area (Å²) in [7, 11) is 0. The second kappa shape index (κ2) is 9.35. The highest BCUT2D eigenvalue weighted by molar-refractivity contribution is 6.33. The number of aromatic nitrogens is 1. The third kappa shape index (κ3) is 5.61. The molecule has 1 saturated heterocycles. The Morgan fingerprint density at radius 1 is 1.12 bits per heavy atom. The van der Waals surface area contributed by atoms with Gasteiger partial charge in [-0.1, -0.05) is 23.7 Å². The van der Waals surface area contributed by atoms with Crippen LogP contribution in [0.2, 0.25) is 5.02 Å². The summed E-state index contributed by atoms with van der Waals surface area (Å²) >= 11 is 5.70. The van der Waals surface area contributed by atoms with Crippen LogP contribution < -0.4 is 5.32 Å². The molecule has 168 valence electrons. The van der Waals surface area contributed by atoms with E-state index in [2.05, 4.69) is 10.3 Å². The van der Waals surface area contributed by atoms with Crippen molar-refractivity contribution in [2.24, 2.45) is 0 Å². The van der Waals surface area contributed by atoms with Crippen molar-refractivity contribution in [1.82, 2.24) is 9.88 Å². The predicted molar refractivity (Wildman–Crippen MR) is 104 cm³/mol. The van der Waals surface area contributed by atoms with Crippen molar-refractivity contribution < 1.29 is 37.1 Å². The lowest BCUT2D eigenvalue weighted by Gasteiger charge is -2.14. The molecule has 0 atom stereocenters. The summed E-state index contributed by atoms with van der Waals surface area (Å²) in [5.41, 5.74) is -0.328. The van der Waals surface area contributed by atoms with Gasteiger partial charge >= 0.3 is 12.1 Å². The van der Waals surface area contributed by atoms with E-state index in [1.54, 1.807) is 12.1 Å². The van der Waals surface area contributed by atoms with Crippen LogP contribution in [-0.2, 0) is 31.8 Å². The Hall–Kier alpha value is -3.47. The summed E-state index contributed by atoms with van der Waals surface area (Å²) in [6.45, 7) is -0.632. The third-order valence-corrected chi connectivity index (χ3v) is 4.73. The van der Waals surface area contributed by atoms with Crippen LogP contribution in [0.25, 0.3) is 0 Å². The number of likely N-dealkylation sites (tertiary alicyclic amines) is 1. The molecule has 1 aliphatic rings. The second-order valence-electron chi connectivity index (χ2n) is 6.75. The van der Waals surface area contributed by atoms with Gasteiger partial charge in [0.2, 0.25) is 11.8 Å². The SMILES string of the molecule is O=C(COC(=O)c1ccc(CN2C(=O)CCC2=O)cc1)Nc1ncc(C(F)(F)F)cc1Cl. The minimum absolute atomic E-state index is 0.0935. The van der Waals surface area contributed by atoms with E-state index in [1.807, 2.05) is 0 Å². The van der Waals surface area contributed by atoms with Gasteiger partial charge in [-0.25, -0.2) is 9.78 Å². The summed E-state index contributed by atoms with van der Waals surface area (Å²) < 4.78 is 42.7.